The van der Waals surface area contributed by atoms with E-state index in [-0.39, 0.29) is 35.2 Å². The molecular weight excluding hydrogens is 670 g/mol. The summed E-state index contributed by atoms with van der Waals surface area (Å²) in [6.07, 6.45) is 0.766. The fourth-order valence-electron chi connectivity index (χ4n) is 6.48. The SMILES string of the molecule is CC(C)(C)C[C@]1(c2ccc3c(ccc4ncnn43)c2)N=C(N)N([C@H](COC(=O)NC2(C)CC2)c2ccc(Cl)c(-n3ncnc3C(F)F)c2)C1=O. The quantitative estimate of drug-likeness (QED) is 0.193. The van der Waals surface area contributed by atoms with Gasteiger partial charge in [-0.3, -0.25) is 9.69 Å². The van der Waals surface area contributed by atoms with Crippen LogP contribution in [-0.2, 0) is 15.1 Å². The number of carbonyl (C=O) groups is 2. The van der Waals surface area contributed by atoms with Gasteiger partial charge in [0.15, 0.2) is 23.0 Å². The molecule has 1 saturated carbocycles. The third-order valence-electron chi connectivity index (χ3n) is 9.07. The number of alkyl carbamates (subject to hydrolysis) is 1. The fraction of sp³-hybridized carbons (Fsp3) is 0.382. The molecule has 0 unspecified atom stereocenters. The van der Waals surface area contributed by atoms with Crippen molar-refractivity contribution in [1.29, 1.82) is 0 Å². The molecule has 50 heavy (non-hydrogen) atoms. The van der Waals surface area contributed by atoms with Gasteiger partial charge >= 0.3 is 6.09 Å². The zero-order valence-corrected chi connectivity index (χ0v) is 28.5. The molecule has 7 rings (SSSR count). The van der Waals surface area contributed by atoms with E-state index in [0.29, 0.717) is 16.8 Å². The molecule has 2 aliphatic rings. The van der Waals surface area contributed by atoms with Crippen LogP contribution in [0.5, 0.6) is 0 Å². The highest BCUT2D eigenvalue weighted by molar-refractivity contribution is 6.32. The Morgan fingerprint density at radius 2 is 1.84 bits per heavy atom. The largest absolute Gasteiger partial charge is 0.447 e. The van der Waals surface area contributed by atoms with Crippen molar-refractivity contribution in [3.05, 3.63) is 83.2 Å². The third kappa shape index (κ3) is 5.99. The van der Waals surface area contributed by atoms with Gasteiger partial charge in [-0.15, -0.1) is 0 Å². The minimum Gasteiger partial charge on any atom is -0.447 e. The average molecular weight is 705 g/mol. The number of alkyl halides is 2. The first-order valence-electron chi connectivity index (χ1n) is 16.0. The normalized spacial score (nSPS) is 19.3. The van der Waals surface area contributed by atoms with Crippen LogP contribution in [0, 0.1) is 5.41 Å². The highest BCUT2D eigenvalue weighted by Crippen LogP contribution is 2.46. The van der Waals surface area contributed by atoms with Crippen LogP contribution in [0.15, 0.2) is 66.2 Å². The van der Waals surface area contributed by atoms with Gasteiger partial charge < -0.3 is 15.8 Å². The lowest BCUT2D eigenvalue weighted by Crippen LogP contribution is -2.48. The van der Waals surface area contributed by atoms with Crippen molar-refractivity contribution in [1.82, 2.24) is 39.6 Å². The van der Waals surface area contributed by atoms with Crippen LogP contribution in [0.4, 0.5) is 13.6 Å². The first kappa shape index (κ1) is 33.3. The van der Waals surface area contributed by atoms with Crippen LogP contribution < -0.4 is 11.1 Å². The number of hydrogen-bond acceptors (Lipinski definition) is 9. The second kappa shape index (κ2) is 12.0. The number of amides is 2. The zero-order chi connectivity index (χ0) is 35.6. The molecular formula is C34H35ClF2N10O3. The molecule has 260 valence electrons. The monoisotopic (exact) mass is 704 g/mol. The van der Waals surface area contributed by atoms with Crippen LogP contribution in [0.2, 0.25) is 5.02 Å². The van der Waals surface area contributed by atoms with E-state index < -0.39 is 41.2 Å². The van der Waals surface area contributed by atoms with E-state index in [1.165, 1.54) is 23.4 Å². The van der Waals surface area contributed by atoms with Gasteiger partial charge in [0.2, 0.25) is 0 Å². The summed E-state index contributed by atoms with van der Waals surface area (Å²) in [4.78, 5) is 42.1. The highest BCUT2D eigenvalue weighted by Gasteiger charge is 2.53. The maximum Gasteiger partial charge on any atom is 0.407 e. The lowest BCUT2D eigenvalue weighted by atomic mass is 9.75. The molecule has 0 spiro atoms. The van der Waals surface area contributed by atoms with Gasteiger partial charge in [0.25, 0.3) is 12.3 Å². The summed E-state index contributed by atoms with van der Waals surface area (Å²) in [7, 11) is 0. The number of nitrogens with two attached hydrogens (primary N) is 1. The summed E-state index contributed by atoms with van der Waals surface area (Å²) in [6, 6.07) is 12.9. The van der Waals surface area contributed by atoms with Gasteiger partial charge in [0, 0.05) is 10.9 Å². The van der Waals surface area contributed by atoms with Crippen molar-refractivity contribution in [3.63, 3.8) is 0 Å². The second-order valence-electron chi connectivity index (χ2n) is 14.2. The van der Waals surface area contributed by atoms with Crippen molar-refractivity contribution in [3.8, 4) is 5.69 Å². The number of aliphatic imine (C=N–C) groups is 1. The molecule has 5 aromatic rings. The molecule has 0 saturated heterocycles. The van der Waals surface area contributed by atoms with Gasteiger partial charge in [-0.05, 0) is 79.1 Å². The number of nitrogens with zero attached hydrogens (tertiary/aromatic N) is 8. The molecule has 0 radical (unpaired) electrons. The Bertz CT molecular complexity index is 2170. The number of rotatable bonds is 9. The summed E-state index contributed by atoms with van der Waals surface area (Å²) in [6.45, 7) is 7.58. The molecule has 16 heteroatoms. The minimum absolute atomic E-state index is 0.0916. The molecule has 2 atom stereocenters. The fourth-order valence-corrected chi connectivity index (χ4v) is 6.68. The van der Waals surface area contributed by atoms with E-state index in [2.05, 4.69) is 25.5 Å². The number of pyridine rings is 1. The molecule has 3 aromatic heterocycles. The Morgan fingerprint density at radius 1 is 1.08 bits per heavy atom. The Balaban J connectivity index is 1.33. The maximum atomic E-state index is 15.0. The van der Waals surface area contributed by atoms with Crippen LogP contribution in [0.3, 0.4) is 0 Å². The molecule has 13 nitrogen and oxygen atoms in total. The van der Waals surface area contributed by atoms with Gasteiger partial charge in [0.1, 0.15) is 19.3 Å². The first-order valence-corrected chi connectivity index (χ1v) is 16.4. The van der Waals surface area contributed by atoms with E-state index in [9.17, 15) is 13.6 Å². The van der Waals surface area contributed by atoms with Crippen molar-refractivity contribution in [2.24, 2.45) is 16.1 Å². The van der Waals surface area contributed by atoms with Gasteiger partial charge in [0.05, 0.1) is 22.3 Å². The molecule has 1 fully saturated rings. The van der Waals surface area contributed by atoms with E-state index in [4.69, 9.17) is 27.1 Å². The minimum atomic E-state index is -2.94. The second-order valence-corrected chi connectivity index (χ2v) is 14.6. The standard InChI is InChI=1S/C34H35ClF2N10O3/c1-32(2,3)16-34(21-7-9-23-19(13-21)6-10-26-39-17-41-46(23)26)29(48)45(30(38)43-34)25(15-50-31(49)44-33(4)11-12-33)20-5-8-22(35)24(14-20)47-28(27(36)37)40-18-42-47/h5-10,13-14,17-18,25,27H,11-12,15-16H2,1-4H3,(H2,38,43)(H,44,49)/t25-,34-/m1/s1. The van der Waals surface area contributed by atoms with Crippen LogP contribution in [-0.4, -0.2) is 64.4 Å². The molecule has 2 aromatic carbocycles. The number of halogens is 3. The topological polar surface area (TPSA) is 158 Å². The predicted molar refractivity (Wildman–Crippen MR) is 181 cm³/mol. The molecule has 0 bridgehead atoms. The summed E-state index contributed by atoms with van der Waals surface area (Å²) < 4.78 is 36.1. The summed E-state index contributed by atoms with van der Waals surface area (Å²) in [5.74, 6) is -1.16. The molecule has 2 amide bonds. The van der Waals surface area contributed by atoms with E-state index in [1.54, 1.807) is 10.6 Å². The Kier molecular flexibility index (Phi) is 8.00. The number of benzene rings is 2. The van der Waals surface area contributed by atoms with E-state index in [1.807, 2.05) is 58.0 Å². The molecule has 4 heterocycles. The number of fused-ring (bicyclic) bond motifs is 3. The summed E-state index contributed by atoms with van der Waals surface area (Å²) in [5, 5.41) is 12.1. The van der Waals surface area contributed by atoms with E-state index >= 15 is 4.79 Å². The predicted octanol–water partition coefficient (Wildman–Crippen LogP) is 5.86. The van der Waals surface area contributed by atoms with Crippen molar-refractivity contribution >= 4 is 46.1 Å². The Labute approximate surface area is 290 Å². The van der Waals surface area contributed by atoms with Crippen LogP contribution in [0.25, 0.3) is 22.2 Å². The van der Waals surface area contributed by atoms with Crippen LogP contribution >= 0.6 is 11.6 Å². The van der Waals surface area contributed by atoms with Gasteiger partial charge in [-0.25, -0.2) is 37.7 Å². The van der Waals surface area contributed by atoms with Crippen LogP contribution in [0.1, 0.15) is 76.4 Å². The number of hydrogen-bond donors (Lipinski definition) is 2. The first-order chi connectivity index (χ1) is 23.7. The smallest absolute Gasteiger partial charge is 0.407 e. The summed E-state index contributed by atoms with van der Waals surface area (Å²) in [5.41, 5.74) is 7.01. The maximum absolute atomic E-state index is 15.0. The van der Waals surface area contributed by atoms with E-state index in [0.717, 1.165) is 34.8 Å². The Hall–Kier alpha value is -5.18. The average Bonchev–Trinajstić information content (AvgIpc) is 3.41. The number of guanidine groups is 1. The van der Waals surface area contributed by atoms with Gasteiger partial charge in [-0.2, -0.15) is 10.2 Å². The highest BCUT2D eigenvalue weighted by atomic mass is 35.5. The number of nitrogens with one attached hydrogen (secondary N) is 1. The number of aromatic nitrogens is 6. The van der Waals surface area contributed by atoms with Crippen molar-refractivity contribution < 1.29 is 23.1 Å². The van der Waals surface area contributed by atoms with Crippen molar-refractivity contribution in [2.75, 3.05) is 6.61 Å². The van der Waals surface area contributed by atoms with Crippen molar-refractivity contribution in [2.45, 2.75) is 70.5 Å². The number of ether oxygens (including phenoxy) is 1. The Morgan fingerprint density at radius 3 is 2.56 bits per heavy atom. The lowest BCUT2D eigenvalue weighted by molar-refractivity contribution is -0.135. The zero-order valence-electron chi connectivity index (χ0n) is 27.8. The number of carbonyl (C=O) groups excluding carboxylic acids is 2. The molecule has 1 aliphatic heterocycles. The lowest BCUT2D eigenvalue weighted by Gasteiger charge is -2.35. The molecule has 1 aliphatic carbocycles. The summed E-state index contributed by atoms with van der Waals surface area (Å²) >= 11 is 6.50. The molecule has 3 N–H and O–H groups in total. The third-order valence-corrected chi connectivity index (χ3v) is 9.39. The van der Waals surface area contributed by atoms with Gasteiger partial charge in [-0.1, -0.05) is 44.5 Å².